The van der Waals surface area contributed by atoms with E-state index in [0.717, 1.165) is 16.5 Å². The number of fused-ring (bicyclic) bond motifs is 1. The van der Waals surface area contributed by atoms with Gasteiger partial charge in [0.1, 0.15) is 0 Å². The van der Waals surface area contributed by atoms with Gasteiger partial charge in [-0.05, 0) is 43.9 Å². The lowest BCUT2D eigenvalue weighted by Gasteiger charge is -2.25. The standard InChI is InChI=1S/C22H21F6N3O/c1-30(2)19(17-12-31(3)18-7-5-4-6-16(17)18)11-29-20(32)13-8-14(21(23,24)25)10-15(9-13)22(26,27)28/h4-10,12,19H,11H2,1-3H3,(H,29,32). The van der Waals surface area contributed by atoms with Crippen LogP contribution in [0.25, 0.3) is 10.9 Å². The molecule has 0 aliphatic rings. The Morgan fingerprint density at radius 3 is 2.09 bits per heavy atom. The van der Waals surface area contributed by atoms with Crippen LogP contribution >= 0.6 is 0 Å². The van der Waals surface area contributed by atoms with E-state index < -0.39 is 35.0 Å². The van der Waals surface area contributed by atoms with Crippen LogP contribution in [0.15, 0.2) is 48.7 Å². The number of hydrogen-bond acceptors (Lipinski definition) is 2. The van der Waals surface area contributed by atoms with Gasteiger partial charge in [0, 0.05) is 36.3 Å². The van der Waals surface area contributed by atoms with Crippen LogP contribution in [0.3, 0.4) is 0 Å². The van der Waals surface area contributed by atoms with Gasteiger partial charge < -0.3 is 14.8 Å². The lowest BCUT2D eigenvalue weighted by molar-refractivity contribution is -0.143. The highest BCUT2D eigenvalue weighted by Crippen LogP contribution is 2.36. The first kappa shape index (κ1) is 23.6. The van der Waals surface area contributed by atoms with Crippen molar-refractivity contribution in [3.63, 3.8) is 0 Å². The summed E-state index contributed by atoms with van der Waals surface area (Å²) in [6.07, 6.45) is -8.16. The monoisotopic (exact) mass is 457 g/mol. The quantitative estimate of drug-likeness (QED) is 0.532. The van der Waals surface area contributed by atoms with Gasteiger partial charge in [0.2, 0.25) is 0 Å². The summed E-state index contributed by atoms with van der Waals surface area (Å²) >= 11 is 0. The molecule has 1 unspecified atom stereocenters. The number of para-hydroxylation sites is 1. The molecule has 0 aliphatic heterocycles. The molecular weight excluding hydrogens is 436 g/mol. The van der Waals surface area contributed by atoms with Crippen molar-refractivity contribution < 1.29 is 31.1 Å². The molecule has 4 nitrogen and oxygen atoms in total. The first-order valence-electron chi connectivity index (χ1n) is 9.57. The van der Waals surface area contributed by atoms with Gasteiger partial charge in [-0.15, -0.1) is 0 Å². The van der Waals surface area contributed by atoms with Crippen LogP contribution in [0.1, 0.15) is 33.1 Å². The maximum atomic E-state index is 13.1. The van der Waals surface area contributed by atoms with Gasteiger partial charge in [-0.1, -0.05) is 18.2 Å². The Hall–Kier alpha value is -3.01. The van der Waals surface area contributed by atoms with Crippen LogP contribution < -0.4 is 5.32 Å². The van der Waals surface area contributed by atoms with Crippen LogP contribution in [0.5, 0.6) is 0 Å². The molecule has 1 heterocycles. The number of nitrogens with zero attached hydrogens (tertiary/aromatic N) is 2. The predicted octanol–water partition coefficient (Wildman–Crippen LogP) is 5.25. The van der Waals surface area contributed by atoms with Gasteiger partial charge in [-0.2, -0.15) is 26.3 Å². The maximum absolute atomic E-state index is 13.1. The van der Waals surface area contributed by atoms with E-state index in [9.17, 15) is 31.1 Å². The fourth-order valence-electron chi connectivity index (χ4n) is 3.59. The Labute approximate surface area is 180 Å². The van der Waals surface area contributed by atoms with Crippen LogP contribution in [0.4, 0.5) is 26.3 Å². The van der Waals surface area contributed by atoms with E-state index >= 15 is 0 Å². The number of hydrogen-bond donors (Lipinski definition) is 1. The molecule has 1 amide bonds. The van der Waals surface area contributed by atoms with E-state index in [-0.39, 0.29) is 18.7 Å². The number of aromatic nitrogens is 1. The minimum absolute atomic E-state index is 0.00445. The van der Waals surface area contributed by atoms with Crippen molar-refractivity contribution in [1.82, 2.24) is 14.8 Å². The van der Waals surface area contributed by atoms with E-state index in [1.165, 1.54) is 0 Å². The number of likely N-dealkylation sites (N-methyl/N-ethyl adjacent to an activating group) is 1. The van der Waals surface area contributed by atoms with E-state index in [1.54, 1.807) is 14.1 Å². The molecule has 10 heteroatoms. The van der Waals surface area contributed by atoms with Crippen LogP contribution in [0, 0.1) is 0 Å². The average Bonchev–Trinajstić information content (AvgIpc) is 3.03. The lowest BCUT2D eigenvalue weighted by atomic mass is 10.0. The summed E-state index contributed by atoms with van der Waals surface area (Å²) in [6.45, 7) is -0.0164. The summed E-state index contributed by atoms with van der Waals surface area (Å²) in [5.41, 5.74) is -1.95. The Morgan fingerprint density at radius 2 is 1.56 bits per heavy atom. The van der Waals surface area contributed by atoms with E-state index in [1.807, 2.05) is 47.0 Å². The lowest BCUT2D eigenvalue weighted by Crippen LogP contribution is -2.34. The number of nitrogens with one attached hydrogen (secondary N) is 1. The number of benzene rings is 2. The summed E-state index contributed by atoms with van der Waals surface area (Å²) in [5, 5.41) is 3.42. The van der Waals surface area contributed by atoms with Crippen LogP contribution in [-0.2, 0) is 19.4 Å². The zero-order valence-electron chi connectivity index (χ0n) is 17.5. The smallest absolute Gasteiger partial charge is 0.350 e. The maximum Gasteiger partial charge on any atom is 0.416 e. The highest BCUT2D eigenvalue weighted by molar-refractivity contribution is 5.94. The minimum Gasteiger partial charge on any atom is -0.350 e. The molecular formula is C22H21F6N3O. The Morgan fingerprint density at radius 1 is 1.00 bits per heavy atom. The molecule has 0 aliphatic carbocycles. The third kappa shape index (κ3) is 4.90. The fraction of sp³-hybridized carbons (Fsp3) is 0.318. The molecule has 0 fully saturated rings. The van der Waals surface area contributed by atoms with Gasteiger partial charge in [-0.3, -0.25) is 4.79 Å². The molecule has 0 bridgehead atoms. The second-order valence-corrected chi connectivity index (χ2v) is 7.70. The number of carbonyl (C=O) groups excluding carboxylic acids is 1. The molecule has 172 valence electrons. The largest absolute Gasteiger partial charge is 0.416 e. The van der Waals surface area contributed by atoms with E-state index in [0.29, 0.717) is 12.1 Å². The van der Waals surface area contributed by atoms with Crippen molar-refractivity contribution >= 4 is 16.8 Å². The number of amides is 1. The molecule has 1 N–H and O–H groups in total. The van der Waals surface area contributed by atoms with Crippen LogP contribution in [0.2, 0.25) is 0 Å². The average molecular weight is 457 g/mol. The van der Waals surface area contributed by atoms with Gasteiger partial charge >= 0.3 is 12.4 Å². The molecule has 3 rings (SSSR count). The van der Waals surface area contributed by atoms with Gasteiger partial charge in [0.05, 0.1) is 17.2 Å². The molecule has 0 saturated heterocycles. The highest BCUT2D eigenvalue weighted by Gasteiger charge is 2.37. The highest BCUT2D eigenvalue weighted by atomic mass is 19.4. The summed E-state index contributed by atoms with van der Waals surface area (Å²) in [6, 6.07) is 8.05. The summed E-state index contributed by atoms with van der Waals surface area (Å²) < 4.78 is 80.4. The molecule has 0 saturated carbocycles. The number of aryl methyl sites for hydroxylation is 1. The summed E-state index contributed by atoms with van der Waals surface area (Å²) in [5.74, 6) is -1.02. The number of carbonyl (C=O) groups is 1. The summed E-state index contributed by atoms with van der Waals surface area (Å²) in [4.78, 5) is 14.4. The zero-order chi connectivity index (χ0) is 23.8. The van der Waals surface area contributed by atoms with Crippen molar-refractivity contribution in [2.75, 3.05) is 20.6 Å². The zero-order valence-corrected chi connectivity index (χ0v) is 17.5. The molecule has 1 atom stereocenters. The first-order valence-corrected chi connectivity index (χ1v) is 9.57. The minimum atomic E-state index is -5.02. The topological polar surface area (TPSA) is 37.3 Å². The van der Waals surface area contributed by atoms with Crippen molar-refractivity contribution in [1.29, 1.82) is 0 Å². The second kappa shape index (κ2) is 8.50. The van der Waals surface area contributed by atoms with Gasteiger partial charge in [-0.25, -0.2) is 0 Å². The van der Waals surface area contributed by atoms with E-state index in [4.69, 9.17) is 0 Å². The Kier molecular flexibility index (Phi) is 6.28. The SMILES string of the molecule is CN(C)C(CNC(=O)c1cc(C(F)(F)F)cc(C(F)(F)F)c1)c1cn(C)c2ccccc12. The van der Waals surface area contributed by atoms with Crippen molar-refractivity contribution in [2.24, 2.45) is 7.05 Å². The molecule has 1 aromatic heterocycles. The predicted molar refractivity (Wildman–Crippen MR) is 108 cm³/mol. The van der Waals surface area contributed by atoms with Crippen molar-refractivity contribution in [3.05, 3.63) is 70.9 Å². The number of halogens is 6. The molecule has 3 aromatic rings. The Bertz CT molecular complexity index is 1100. The number of alkyl halides is 6. The second-order valence-electron chi connectivity index (χ2n) is 7.70. The third-order valence-corrected chi connectivity index (χ3v) is 5.22. The molecule has 2 aromatic carbocycles. The van der Waals surface area contributed by atoms with Gasteiger partial charge in [0.15, 0.2) is 0 Å². The van der Waals surface area contributed by atoms with Crippen LogP contribution in [-0.4, -0.2) is 36.0 Å². The summed E-state index contributed by atoms with van der Waals surface area (Å²) in [7, 11) is 5.40. The molecule has 0 spiro atoms. The van der Waals surface area contributed by atoms with E-state index in [2.05, 4.69) is 5.32 Å². The first-order chi connectivity index (χ1) is 14.8. The fourth-order valence-corrected chi connectivity index (χ4v) is 3.59. The normalized spacial score (nSPS) is 13.6. The van der Waals surface area contributed by atoms with Crippen molar-refractivity contribution in [3.8, 4) is 0 Å². The van der Waals surface area contributed by atoms with Crippen molar-refractivity contribution in [2.45, 2.75) is 18.4 Å². The number of rotatable bonds is 5. The molecule has 0 radical (unpaired) electrons. The third-order valence-electron chi connectivity index (χ3n) is 5.22. The molecule has 32 heavy (non-hydrogen) atoms. The Balaban J connectivity index is 1.90. The van der Waals surface area contributed by atoms with Gasteiger partial charge in [0.25, 0.3) is 5.91 Å².